The molecule has 0 aliphatic carbocycles. The number of benzene rings is 1. The number of rotatable bonds is 5. The minimum atomic E-state index is 0.0928. The summed E-state index contributed by atoms with van der Waals surface area (Å²) in [5.74, 6) is 1.03. The summed E-state index contributed by atoms with van der Waals surface area (Å²) in [6.07, 6.45) is 3.95. The molecule has 0 bridgehead atoms. The highest BCUT2D eigenvalue weighted by molar-refractivity contribution is 6.30. The van der Waals surface area contributed by atoms with Gasteiger partial charge in [-0.3, -0.25) is 0 Å². The highest BCUT2D eigenvalue weighted by atomic mass is 35.5. The summed E-state index contributed by atoms with van der Waals surface area (Å²) in [5.41, 5.74) is 1.23. The molecule has 1 atom stereocenters. The summed E-state index contributed by atoms with van der Waals surface area (Å²) in [5, 5.41) is 3.71. The van der Waals surface area contributed by atoms with Gasteiger partial charge in [-0.2, -0.15) is 0 Å². The van der Waals surface area contributed by atoms with Gasteiger partial charge in [-0.1, -0.05) is 41.9 Å². The van der Waals surface area contributed by atoms with Crippen molar-refractivity contribution in [3.63, 3.8) is 0 Å². The second kappa shape index (κ2) is 6.57. The van der Waals surface area contributed by atoms with E-state index in [1.54, 1.807) is 12.4 Å². The topological polar surface area (TPSA) is 37.8 Å². The molecule has 1 unspecified atom stereocenters. The maximum absolute atomic E-state index is 5.95. The van der Waals surface area contributed by atoms with Gasteiger partial charge in [-0.15, -0.1) is 11.6 Å². The summed E-state index contributed by atoms with van der Waals surface area (Å²) in [6.45, 7) is 0. The van der Waals surface area contributed by atoms with E-state index in [9.17, 15) is 0 Å². The van der Waals surface area contributed by atoms with Crippen molar-refractivity contribution in [1.82, 2.24) is 9.97 Å². The van der Waals surface area contributed by atoms with Gasteiger partial charge in [0.1, 0.15) is 0 Å². The minimum absolute atomic E-state index is 0.0928. The number of anilines is 1. The summed E-state index contributed by atoms with van der Waals surface area (Å²) >= 11 is 11.7. The van der Waals surface area contributed by atoms with Gasteiger partial charge in [0.25, 0.3) is 0 Å². The molecule has 0 radical (unpaired) electrons. The van der Waals surface area contributed by atoms with Crippen molar-refractivity contribution in [2.24, 2.45) is 0 Å². The molecule has 0 spiro atoms. The Kier molecular flexibility index (Phi) is 4.79. The van der Waals surface area contributed by atoms with E-state index >= 15 is 0 Å². The van der Waals surface area contributed by atoms with Crippen LogP contribution in [0.2, 0.25) is 5.02 Å². The molecule has 1 aromatic heterocycles. The number of nitrogens with one attached hydrogen (secondary N) is 1. The minimum Gasteiger partial charge on any atom is -0.350 e. The zero-order valence-corrected chi connectivity index (χ0v) is 11.2. The Labute approximate surface area is 116 Å². The van der Waals surface area contributed by atoms with Gasteiger partial charge in [-0.05, 0) is 12.0 Å². The van der Waals surface area contributed by atoms with Crippen LogP contribution in [0.4, 0.5) is 5.95 Å². The second-order valence-electron chi connectivity index (χ2n) is 3.91. The Balaban J connectivity index is 1.99. The van der Waals surface area contributed by atoms with E-state index < -0.39 is 0 Å². The van der Waals surface area contributed by atoms with Crippen molar-refractivity contribution in [3.05, 3.63) is 53.3 Å². The fourth-order valence-corrected chi connectivity index (χ4v) is 1.90. The smallest absolute Gasteiger partial charge is 0.222 e. The molecule has 2 rings (SSSR count). The highest BCUT2D eigenvalue weighted by Crippen LogP contribution is 2.10. The SMILES string of the molecule is ClCC(Cc1ccccc1)Nc1ncc(Cl)cn1. The number of halogens is 2. The lowest BCUT2D eigenvalue weighted by molar-refractivity contribution is 0.783. The van der Waals surface area contributed by atoms with Gasteiger partial charge >= 0.3 is 0 Å². The molecule has 0 saturated carbocycles. The van der Waals surface area contributed by atoms with Crippen LogP contribution in [0.15, 0.2) is 42.7 Å². The molecular weight excluding hydrogens is 269 g/mol. The molecule has 0 amide bonds. The quantitative estimate of drug-likeness (QED) is 0.854. The molecular formula is C13H13Cl2N3. The lowest BCUT2D eigenvalue weighted by atomic mass is 10.1. The largest absolute Gasteiger partial charge is 0.350 e. The number of alkyl halides is 1. The lowest BCUT2D eigenvalue weighted by Gasteiger charge is -2.15. The van der Waals surface area contributed by atoms with Gasteiger partial charge in [0.2, 0.25) is 5.95 Å². The van der Waals surface area contributed by atoms with Crippen LogP contribution in [0.5, 0.6) is 0 Å². The van der Waals surface area contributed by atoms with Crippen molar-refractivity contribution in [1.29, 1.82) is 0 Å². The van der Waals surface area contributed by atoms with E-state index in [4.69, 9.17) is 23.2 Å². The summed E-state index contributed by atoms with van der Waals surface area (Å²) in [7, 11) is 0. The molecule has 0 aliphatic heterocycles. The summed E-state index contributed by atoms with van der Waals surface area (Å²) in [4.78, 5) is 8.19. The van der Waals surface area contributed by atoms with Crippen LogP contribution in [-0.2, 0) is 6.42 Å². The monoisotopic (exact) mass is 281 g/mol. The highest BCUT2D eigenvalue weighted by Gasteiger charge is 2.09. The van der Waals surface area contributed by atoms with Crippen LogP contribution in [0.1, 0.15) is 5.56 Å². The lowest BCUT2D eigenvalue weighted by Crippen LogP contribution is -2.25. The van der Waals surface area contributed by atoms with E-state index in [0.717, 1.165) is 6.42 Å². The molecule has 18 heavy (non-hydrogen) atoms. The normalized spacial score (nSPS) is 12.1. The molecule has 0 aliphatic rings. The first-order valence-electron chi connectivity index (χ1n) is 5.62. The predicted octanol–water partition coefficient (Wildman–Crippen LogP) is 3.39. The number of nitrogens with zero attached hydrogens (tertiary/aromatic N) is 2. The Morgan fingerprint density at radius 1 is 1.11 bits per heavy atom. The standard InChI is InChI=1S/C13H13Cl2N3/c14-7-12(6-10-4-2-1-3-5-10)18-13-16-8-11(15)9-17-13/h1-5,8-9,12H,6-7H2,(H,16,17,18). The first-order valence-corrected chi connectivity index (χ1v) is 6.53. The number of hydrogen-bond acceptors (Lipinski definition) is 3. The van der Waals surface area contributed by atoms with E-state index in [1.807, 2.05) is 18.2 Å². The summed E-state index contributed by atoms with van der Waals surface area (Å²) in [6, 6.07) is 10.3. The average molecular weight is 282 g/mol. The zero-order chi connectivity index (χ0) is 12.8. The van der Waals surface area contributed by atoms with Crippen LogP contribution in [0.25, 0.3) is 0 Å². The molecule has 1 aromatic carbocycles. The molecule has 94 valence electrons. The number of aromatic nitrogens is 2. The maximum atomic E-state index is 5.95. The van der Waals surface area contributed by atoms with E-state index in [-0.39, 0.29) is 6.04 Å². The molecule has 0 fully saturated rings. The molecule has 1 heterocycles. The van der Waals surface area contributed by atoms with Crippen molar-refractivity contribution >= 4 is 29.2 Å². The molecule has 1 N–H and O–H groups in total. The predicted molar refractivity (Wildman–Crippen MR) is 75.3 cm³/mol. The third kappa shape index (κ3) is 3.86. The van der Waals surface area contributed by atoms with Crippen molar-refractivity contribution in [2.45, 2.75) is 12.5 Å². The van der Waals surface area contributed by atoms with E-state index in [2.05, 4.69) is 27.4 Å². The Hall–Kier alpha value is -1.32. The first-order chi connectivity index (χ1) is 8.78. The van der Waals surface area contributed by atoms with Crippen LogP contribution in [-0.4, -0.2) is 21.9 Å². The van der Waals surface area contributed by atoms with Crippen LogP contribution < -0.4 is 5.32 Å². The summed E-state index contributed by atoms with van der Waals surface area (Å²) < 4.78 is 0. The Morgan fingerprint density at radius 2 is 1.78 bits per heavy atom. The van der Waals surface area contributed by atoms with Gasteiger partial charge in [-0.25, -0.2) is 9.97 Å². The third-order valence-electron chi connectivity index (χ3n) is 2.46. The van der Waals surface area contributed by atoms with E-state index in [0.29, 0.717) is 16.9 Å². The van der Waals surface area contributed by atoms with Gasteiger partial charge < -0.3 is 5.32 Å². The van der Waals surface area contributed by atoms with Gasteiger partial charge in [0.05, 0.1) is 17.4 Å². The Bertz CT molecular complexity index is 473. The van der Waals surface area contributed by atoms with Crippen LogP contribution in [0, 0.1) is 0 Å². The Morgan fingerprint density at radius 3 is 2.39 bits per heavy atom. The van der Waals surface area contributed by atoms with Crippen molar-refractivity contribution in [2.75, 3.05) is 11.2 Å². The third-order valence-corrected chi connectivity index (χ3v) is 3.03. The van der Waals surface area contributed by atoms with Gasteiger partial charge in [0, 0.05) is 11.9 Å². The maximum Gasteiger partial charge on any atom is 0.222 e. The average Bonchev–Trinajstić information content (AvgIpc) is 2.41. The number of hydrogen-bond donors (Lipinski definition) is 1. The fraction of sp³-hybridized carbons (Fsp3) is 0.231. The first kappa shape index (κ1) is 13.1. The van der Waals surface area contributed by atoms with Gasteiger partial charge in [0.15, 0.2) is 0 Å². The molecule has 2 aromatic rings. The molecule has 5 heteroatoms. The van der Waals surface area contributed by atoms with Crippen LogP contribution in [0.3, 0.4) is 0 Å². The molecule has 3 nitrogen and oxygen atoms in total. The van der Waals surface area contributed by atoms with Crippen molar-refractivity contribution in [3.8, 4) is 0 Å². The zero-order valence-electron chi connectivity index (χ0n) is 9.68. The van der Waals surface area contributed by atoms with E-state index in [1.165, 1.54) is 5.56 Å². The fourth-order valence-electron chi connectivity index (χ4n) is 1.61. The van der Waals surface area contributed by atoms with Crippen molar-refractivity contribution < 1.29 is 0 Å². The molecule has 0 saturated heterocycles. The second-order valence-corrected chi connectivity index (χ2v) is 4.66. The van der Waals surface area contributed by atoms with Crippen LogP contribution >= 0.6 is 23.2 Å².